The van der Waals surface area contributed by atoms with Crippen LogP contribution >= 0.6 is 0 Å². The van der Waals surface area contributed by atoms with Crippen LogP contribution in [-0.2, 0) is 14.3 Å². The lowest BCUT2D eigenvalue weighted by atomic mass is 9.85. The Hall–Kier alpha value is -3.61. The van der Waals surface area contributed by atoms with Crippen molar-refractivity contribution >= 4 is 29.3 Å². The molecule has 2 aromatic rings. The number of ether oxygens (including phenoxy) is 1. The van der Waals surface area contributed by atoms with Crippen molar-refractivity contribution in [2.45, 2.75) is 13.3 Å². The number of carbonyl (C=O) groups is 4. The molecule has 0 aromatic heterocycles. The Kier molecular flexibility index (Phi) is 4.77. The molecular weight excluding hydrogens is 413 g/mol. The maximum absolute atomic E-state index is 13.1. The highest BCUT2D eigenvalue weighted by Gasteiger charge is 2.59. The van der Waals surface area contributed by atoms with Crippen molar-refractivity contribution in [2.24, 2.45) is 23.7 Å². The maximum Gasteiger partial charge on any atom is 0.338 e. The van der Waals surface area contributed by atoms with Gasteiger partial charge >= 0.3 is 5.97 Å². The van der Waals surface area contributed by atoms with E-state index in [2.05, 4.69) is 0 Å². The molecule has 1 heterocycles. The molecule has 6 nitrogen and oxygen atoms in total. The Morgan fingerprint density at radius 3 is 2.19 bits per heavy atom. The van der Waals surface area contributed by atoms with Crippen molar-refractivity contribution in [3.8, 4) is 0 Å². The van der Waals surface area contributed by atoms with E-state index in [-0.39, 0.29) is 46.6 Å². The van der Waals surface area contributed by atoms with Crippen LogP contribution < -0.4 is 4.90 Å². The summed E-state index contributed by atoms with van der Waals surface area (Å²) in [4.78, 5) is 52.1. The second-order valence-corrected chi connectivity index (χ2v) is 8.52. The zero-order chi connectivity index (χ0) is 22.6. The first kappa shape index (κ1) is 20.3. The van der Waals surface area contributed by atoms with Gasteiger partial charge in [-0.15, -0.1) is 0 Å². The number of allylic oxidation sites excluding steroid dienone is 2. The molecule has 5 rings (SSSR count). The Morgan fingerprint density at radius 1 is 0.969 bits per heavy atom. The summed E-state index contributed by atoms with van der Waals surface area (Å²) in [5, 5.41) is 0. The molecule has 1 saturated carbocycles. The monoisotopic (exact) mass is 433 g/mol. The van der Waals surface area contributed by atoms with E-state index in [4.69, 9.17) is 4.74 Å². The zero-order valence-electron chi connectivity index (χ0n) is 17.3. The molecule has 3 aliphatic rings. The van der Waals surface area contributed by atoms with E-state index in [0.29, 0.717) is 11.3 Å². The predicted octanol–water partition coefficient (Wildman–Crippen LogP) is 3.49. The Bertz CT molecular complexity index is 1160. The van der Waals surface area contributed by atoms with Crippen LogP contribution in [0.25, 0.3) is 0 Å². The van der Waals surface area contributed by atoms with E-state index in [9.17, 15) is 23.6 Å². The van der Waals surface area contributed by atoms with E-state index >= 15 is 0 Å². The van der Waals surface area contributed by atoms with Crippen LogP contribution in [0.2, 0.25) is 0 Å². The average molecular weight is 433 g/mol. The van der Waals surface area contributed by atoms with Gasteiger partial charge in [-0.3, -0.25) is 14.4 Å². The number of aryl methyl sites for hydroxylation is 1. The molecule has 2 amide bonds. The highest BCUT2D eigenvalue weighted by atomic mass is 19.1. The summed E-state index contributed by atoms with van der Waals surface area (Å²) in [5.74, 6) is -2.61. The summed E-state index contributed by atoms with van der Waals surface area (Å²) in [7, 11) is 0. The lowest BCUT2D eigenvalue weighted by Crippen LogP contribution is -2.33. The Balaban J connectivity index is 1.33. The summed E-state index contributed by atoms with van der Waals surface area (Å²) in [5.41, 5.74) is 1.42. The summed E-state index contributed by atoms with van der Waals surface area (Å²) >= 11 is 0. The number of anilines is 1. The third-order valence-corrected chi connectivity index (χ3v) is 6.66. The fraction of sp³-hybridized carbons (Fsp3) is 0.280. The molecule has 7 heteroatoms. The summed E-state index contributed by atoms with van der Waals surface area (Å²) in [6.07, 6.45) is 4.90. The SMILES string of the molecule is Cc1ccc(C(=O)OCC(=O)c2ccc(F)cc2)cc1N1C(=O)C2C3C=CC(C3)C2C1=O. The molecule has 0 spiro atoms. The molecular formula is C25H20FNO5. The maximum atomic E-state index is 13.1. The number of halogens is 1. The Labute approximate surface area is 183 Å². The minimum atomic E-state index is -0.747. The van der Waals surface area contributed by atoms with Gasteiger partial charge in [0.05, 0.1) is 23.1 Å². The van der Waals surface area contributed by atoms with Gasteiger partial charge < -0.3 is 4.74 Å². The standard InChI is InChI=1S/C25H20FNO5/c1-13-2-3-17(25(31)32-12-20(28)14-6-8-18(26)9-7-14)11-19(13)27-23(29)21-15-4-5-16(10-15)22(21)24(27)30/h2-9,11,15-16,21-22H,10,12H2,1H3. The van der Waals surface area contributed by atoms with Gasteiger partial charge in [0.25, 0.3) is 0 Å². The normalized spacial score (nSPS) is 25.4. The van der Waals surface area contributed by atoms with Crippen molar-refractivity contribution in [1.82, 2.24) is 0 Å². The molecule has 2 aromatic carbocycles. The van der Waals surface area contributed by atoms with Crippen molar-refractivity contribution in [3.05, 3.63) is 77.1 Å². The van der Waals surface area contributed by atoms with Gasteiger partial charge in [-0.25, -0.2) is 14.1 Å². The number of benzene rings is 2. The van der Waals surface area contributed by atoms with Gasteiger partial charge in [-0.2, -0.15) is 0 Å². The second kappa shape index (κ2) is 7.51. The fourth-order valence-corrected chi connectivity index (χ4v) is 5.05. The number of nitrogens with zero attached hydrogens (tertiary/aromatic N) is 1. The lowest BCUT2D eigenvalue weighted by molar-refractivity contribution is -0.123. The lowest BCUT2D eigenvalue weighted by Gasteiger charge is -2.20. The molecule has 2 aliphatic carbocycles. The number of esters is 1. The first-order valence-electron chi connectivity index (χ1n) is 10.5. The molecule has 2 fully saturated rings. The van der Waals surface area contributed by atoms with Crippen molar-refractivity contribution in [2.75, 3.05) is 11.5 Å². The van der Waals surface area contributed by atoms with Crippen molar-refractivity contribution in [3.63, 3.8) is 0 Å². The van der Waals surface area contributed by atoms with Gasteiger partial charge in [0.1, 0.15) is 5.82 Å². The van der Waals surface area contributed by atoms with Gasteiger partial charge in [0.15, 0.2) is 12.4 Å². The van der Waals surface area contributed by atoms with Gasteiger partial charge in [-0.05, 0) is 67.1 Å². The number of Topliss-reactive ketones (excluding diaryl/α,β-unsaturated/α-hetero) is 1. The summed E-state index contributed by atoms with van der Waals surface area (Å²) < 4.78 is 18.1. The van der Waals surface area contributed by atoms with Crippen LogP contribution in [0.15, 0.2) is 54.6 Å². The fourth-order valence-electron chi connectivity index (χ4n) is 5.05. The summed E-state index contributed by atoms with van der Waals surface area (Å²) in [6, 6.07) is 9.59. The van der Waals surface area contributed by atoms with E-state index in [1.54, 1.807) is 13.0 Å². The van der Waals surface area contributed by atoms with Crippen molar-refractivity contribution < 1.29 is 28.3 Å². The molecule has 0 radical (unpaired) electrons. The second-order valence-electron chi connectivity index (χ2n) is 8.52. The smallest absolute Gasteiger partial charge is 0.338 e. The number of rotatable bonds is 5. The molecule has 1 aliphatic heterocycles. The van der Waals surface area contributed by atoms with Crippen molar-refractivity contribution in [1.29, 1.82) is 0 Å². The number of hydrogen-bond donors (Lipinski definition) is 0. The molecule has 4 unspecified atom stereocenters. The van der Waals surface area contributed by atoms with Gasteiger partial charge in [0.2, 0.25) is 11.8 Å². The minimum Gasteiger partial charge on any atom is -0.454 e. The average Bonchev–Trinajstić information content (AvgIpc) is 3.47. The van der Waals surface area contributed by atoms with E-state index in [0.717, 1.165) is 18.6 Å². The third-order valence-electron chi connectivity index (χ3n) is 6.66. The number of fused-ring (bicyclic) bond motifs is 5. The van der Waals surface area contributed by atoms with Crippen LogP contribution in [-0.4, -0.2) is 30.2 Å². The highest BCUT2D eigenvalue weighted by Crippen LogP contribution is 2.53. The number of amides is 2. The number of carbonyl (C=O) groups excluding carboxylic acids is 4. The number of ketones is 1. The van der Waals surface area contributed by atoms with Gasteiger partial charge in [-0.1, -0.05) is 18.2 Å². The minimum absolute atomic E-state index is 0.0948. The van der Waals surface area contributed by atoms with Gasteiger partial charge in [0, 0.05) is 5.56 Å². The Morgan fingerprint density at radius 2 is 1.56 bits per heavy atom. The predicted molar refractivity (Wildman–Crippen MR) is 112 cm³/mol. The number of imide groups is 1. The first-order valence-corrected chi connectivity index (χ1v) is 10.5. The largest absolute Gasteiger partial charge is 0.454 e. The van der Waals surface area contributed by atoms with Crippen LogP contribution in [0, 0.1) is 36.4 Å². The molecule has 1 saturated heterocycles. The van der Waals surface area contributed by atoms with Crippen LogP contribution in [0.1, 0.15) is 32.7 Å². The zero-order valence-corrected chi connectivity index (χ0v) is 17.3. The van der Waals surface area contributed by atoms with E-state index in [1.165, 1.54) is 29.2 Å². The molecule has 0 N–H and O–H groups in total. The van der Waals surface area contributed by atoms with E-state index < -0.39 is 24.2 Å². The quantitative estimate of drug-likeness (QED) is 0.312. The van der Waals surface area contributed by atoms with Crippen LogP contribution in [0.3, 0.4) is 0 Å². The molecule has 4 atom stereocenters. The van der Waals surface area contributed by atoms with Crippen LogP contribution in [0.5, 0.6) is 0 Å². The van der Waals surface area contributed by atoms with E-state index in [1.807, 2.05) is 12.2 Å². The number of hydrogen-bond acceptors (Lipinski definition) is 5. The molecule has 162 valence electrons. The molecule has 2 bridgehead atoms. The molecule has 32 heavy (non-hydrogen) atoms. The topological polar surface area (TPSA) is 80.8 Å². The van der Waals surface area contributed by atoms with Crippen LogP contribution in [0.4, 0.5) is 10.1 Å². The highest BCUT2D eigenvalue weighted by molar-refractivity contribution is 6.23. The first-order chi connectivity index (χ1) is 15.3. The summed E-state index contributed by atoms with van der Waals surface area (Å²) in [6.45, 7) is 1.26. The third kappa shape index (κ3) is 3.16.